The van der Waals surface area contributed by atoms with E-state index in [2.05, 4.69) is 15.4 Å². The lowest BCUT2D eigenvalue weighted by molar-refractivity contribution is 0.218. The second kappa shape index (κ2) is 6.46. The van der Waals surface area contributed by atoms with Crippen molar-refractivity contribution in [3.05, 3.63) is 53.3 Å². The summed E-state index contributed by atoms with van der Waals surface area (Å²) in [5.74, 6) is 0. The van der Waals surface area contributed by atoms with Gasteiger partial charge in [-0.15, -0.1) is 0 Å². The van der Waals surface area contributed by atoms with Crippen molar-refractivity contribution in [1.82, 2.24) is 14.3 Å². The first kappa shape index (κ1) is 15.5. The number of rotatable bonds is 3. The Bertz CT molecular complexity index is 865. The van der Waals surface area contributed by atoms with Gasteiger partial charge in [0.2, 0.25) is 0 Å². The van der Waals surface area contributed by atoms with Crippen molar-refractivity contribution in [3.63, 3.8) is 0 Å². The van der Waals surface area contributed by atoms with Gasteiger partial charge in [0.1, 0.15) is 5.65 Å². The van der Waals surface area contributed by atoms with Gasteiger partial charge in [-0.3, -0.25) is 4.90 Å². The summed E-state index contributed by atoms with van der Waals surface area (Å²) in [6, 6.07) is 11.8. The number of fused-ring (bicyclic) bond motifs is 1. The van der Waals surface area contributed by atoms with Gasteiger partial charge in [-0.25, -0.2) is 4.98 Å². The summed E-state index contributed by atoms with van der Waals surface area (Å²) in [5, 5.41) is 0.721. The Morgan fingerprint density at radius 1 is 1.08 bits per heavy atom. The van der Waals surface area contributed by atoms with Gasteiger partial charge in [0.05, 0.1) is 16.4 Å². The van der Waals surface area contributed by atoms with Crippen molar-refractivity contribution in [3.8, 4) is 11.3 Å². The molecule has 1 saturated heterocycles. The topological polar surface area (TPSA) is 46.6 Å². The van der Waals surface area contributed by atoms with Crippen LogP contribution in [0.25, 0.3) is 16.9 Å². The molecule has 0 unspecified atom stereocenters. The van der Waals surface area contributed by atoms with E-state index >= 15 is 0 Å². The molecule has 24 heavy (non-hydrogen) atoms. The van der Waals surface area contributed by atoms with Crippen LogP contribution in [-0.4, -0.2) is 27.4 Å². The number of hydrogen-bond donors (Lipinski definition) is 1. The van der Waals surface area contributed by atoms with E-state index in [-0.39, 0.29) is 0 Å². The summed E-state index contributed by atoms with van der Waals surface area (Å²) >= 11 is 6.23. The van der Waals surface area contributed by atoms with Crippen LogP contribution in [0.5, 0.6) is 0 Å². The first-order valence-electron chi connectivity index (χ1n) is 8.45. The lowest BCUT2D eigenvalue weighted by atomic mass is 10.1. The Hall–Kier alpha value is -2.04. The molecular weight excluding hydrogens is 320 g/mol. The molecule has 2 aromatic heterocycles. The Morgan fingerprint density at radius 2 is 1.92 bits per heavy atom. The van der Waals surface area contributed by atoms with Crippen molar-refractivity contribution in [1.29, 1.82) is 0 Å². The molecule has 0 radical (unpaired) electrons. The van der Waals surface area contributed by atoms with Gasteiger partial charge in [0, 0.05) is 24.0 Å². The maximum absolute atomic E-state index is 6.23. The van der Waals surface area contributed by atoms with Crippen LogP contribution < -0.4 is 5.73 Å². The van der Waals surface area contributed by atoms with E-state index in [1.54, 1.807) is 0 Å². The summed E-state index contributed by atoms with van der Waals surface area (Å²) in [5.41, 5.74) is 10.9. The van der Waals surface area contributed by atoms with E-state index in [0.29, 0.717) is 0 Å². The normalized spacial score (nSPS) is 15.9. The highest BCUT2D eigenvalue weighted by atomic mass is 35.5. The molecule has 4 nitrogen and oxygen atoms in total. The Balaban J connectivity index is 1.83. The third kappa shape index (κ3) is 2.99. The minimum atomic E-state index is 0.721. The molecule has 0 saturated carbocycles. The first-order chi connectivity index (χ1) is 11.7. The summed E-state index contributed by atoms with van der Waals surface area (Å²) in [7, 11) is 0. The van der Waals surface area contributed by atoms with Gasteiger partial charge >= 0.3 is 0 Å². The monoisotopic (exact) mass is 340 g/mol. The Labute approximate surface area is 146 Å². The number of nitrogen functional groups attached to an aromatic ring is 1. The lowest BCUT2D eigenvalue weighted by Gasteiger charge is -2.26. The molecule has 0 bridgehead atoms. The molecular formula is C19H21ClN4. The molecule has 0 spiro atoms. The van der Waals surface area contributed by atoms with Crippen LogP contribution in [0.1, 0.15) is 25.0 Å². The quantitative estimate of drug-likeness (QED) is 0.726. The maximum atomic E-state index is 6.23. The van der Waals surface area contributed by atoms with E-state index < -0.39 is 0 Å². The zero-order chi connectivity index (χ0) is 16.5. The van der Waals surface area contributed by atoms with Crippen molar-refractivity contribution >= 4 is 22.9 Å². The van der Waals surface area contributed by atoms with Gasteiger partial charge in [-0.05, 0) is 50.2 Å². The number of halogens is 1. The van der Waals surface area contributed by atoms with Crippen molar-refractivity contribution in [2.75, 3.05) is 18.8 Å². The van der Waals surface area contributed by atoms with Gasteiger partial charge in [-0.1, -0.05) is 30.2 Å². The maximum Gasteiger partial charge on any atom is 0.137 e. The number of imidazole rings is 1. The van der Waals surface area contributed by atoms with Crippen LogP contribution in [0, 0.1) is 0 Å². The van der Waals surface area contributed by atoms with Crippen LogP contribution in [0.4, 0.5) is 5.69 Å². The molecule has 3 aromatic rings. The highest BCUT2D eigenvalue weighted by Crippen LogP contribution is 2.28. The molecule has 2 N–H and O–H groups in total. The second-order valence-electron chi connectivity index (χ2n) is 6.44. The molecule has 5 heteroatoms. The molecule has 124 valence electrons. The van der Waals surface area contributed by atoms with Crippen molar-refractivity contribution in [2.24, 2.45) is 0 Å². The third-order valence-electron chi connectivity index (χ3n) is 4.66. The second-order valence-corrected chi connectivity index (χ2v) is 6.88. The van der Waals surface area contributed by atoms with Gasteiger partial charge in [-0.2, -0.15) is 0 Å². The van der Waals surface area contributed by atoms with Crippen LogP contribution in [0.2, 0.25) is 5.02 Å². The third-order valence-corrected chi connectivity index (χ3v) is 4.89. The van der Waals surface area contributed by atoms with Crippen LogP contribution in [0.3, 0.4) is 0 Å². The molecule has 0 amide bonds. The highest BCUT2D eigenvalue weighted by molar-refractivity contribution is 6.30. The molecule has 3 heterocycles. The minimum Gasteiger partial charge on any atom is -0.399 e. The fourth-order valence-electron chi connectivity index (χ4n) is 3.46. The predicted octanol–water partition coefficient (Wildman–Crippen LogP) is 4.22. The highest BCUT2D eigenvalue weighted by Gasteiger charge is 2.19. The summed E-state index contributed by atoms with van der Waals surface area (Å²) in [6.07, 6.45) is 5.83. The largest absolute Gasteiger partial charge is 0.399 e. The summed E-state index contributed by atoms with van der Waals surface area (Å²) < 4.78 is 2.12. The fraction of sp³-hybridized carbons (Fsp3) is 0.316. The van der Waals surface area contributed by atoms with Crippen LogP contribution in [0.15, 0.2) is 42.6 Å². The van der Waals surface area contributed by atoms with E-state index in [0.717, 1.165) is 47.2 Å². The molecule has 1 fully saturated rings. The van der Waals surface area contributed by atoms with Gasteiger partial charge < -0.3 is 10.1 Å². The molecule has 1 aliphatic rings. The smallest absolute Gasteiger partial charge is 0.137 e. The minimum absolute atomic E-state index is 0.721. The Kier molecular flexibility index (Phi) is 4.17. The SMILES string of the molecule is Nc1cccc(-c2nc3ccc(Cl)cn3c2CN2CCCCC2)c1. The molecule has 0 aliphatic carbocycles. The van der Waals surface area contributed by atoms with E-state index in [1.807, 2.05) is 36.5 Å². The predicted molar refractivity (Wildman–Crippen MR) is 99.2 cm³/mol. The summed E-state index contributed by atoms with van der Waals surface area (Å²) in [4.78, 5) is 7.36. The van der Waals surface area contributed by atoms with E-state index in [9.17, 15) is 0 Å². The fourth-order valence-corrected chi connectivity index (χ4v) is 3.63. The molecule has 0 atom stereocenters. The Morgan fingerprint density at radius 3 is 2.71 bits per heavy atom. The number of benzene rings is 1. The van der Waals surface area contributed by atoms with Crippen molar-refractivity contribution < 1.29 is 0 Å². The average molecular weight is 341 g/mol. The number of pyridine rings is 1. The number of piperidine rings is 1. The van der Waals surface area contributed by atoms with Crippen LogP contribution in [-0.2, 0) is 6.54 Å². The zero-order valence-corrected chi connectivity index (χ0v) is 14.3. The van der Waals surface area contributed by atoms with E-state index in [1.165, 1.54) is 25.0 Å². The average Bonchev–Trinajstić information content (AvgIpc) is 2.94. The van der Waals surface area contributed by atoms with Gasteiger partial charge in [0.25, 0.3) is 0 Å². The standard InChI is InChI=1S/C19H21ClN4/c20-15-7-8-18-22-19(14-5-4-6-16(21)11-14)17(24(18)12-15)13-23-9-2-1-3-10-23/h4-8,11-12H,1-3,9-10,13,21H2. The number of aromatic nitrogens is 2. The van der Waals surface area contributed by atoms with Gasteiger partial charge in [0.15, 0.2) is 0 Å². The van der Waals surface area contributed by atoms with E-state index in [4.69, 9.17) is 22.3 Å². The van der Waals surface area contributed by atoms with Crippen molar-refractivity contribution in [2.45, 2.75) is 25.8 Å². The summed E-state index contributed by atoms with van der Waals surface area (Å²) in [6.45, 7) is 3.17. The number of anilines is 1. The number of nitrogens with zero attached hydrogens (tertiary/aromatic N) is 3. The number of likely N-dealkylation sites (tertiary alicyclic amines) is 1. The molecule has 1 aromatic carbocycles. The molecule has 1 aliphatic heterocycles. The first-order valence-corrected chi connectivity index (χ1v) is 8.83. The lowest BCUT2D eigenvalue weighted by Crippen LogP contribution is -2.29. The number of nitrogens with two attached hydrogens (primary N) is 1. The van der Waals surface area contributed by atoms with Crippen LogP contribution >= 0.6 is 11.6 Å². The number of hydrogen-bond acceptors (Lipinski definition) is 3. The molecule has 4 rings (SSSR count). The zero-order valence-electron chi connectivity index (χ0n) is 13.6.